The zero-order valence-corrected chi connectivity index (χ0v) is 14.1. The van der Waals surface area contributed by atoms with Crippen molar-refractivity contribution in [3.8, 4) is 0 Å². The van der Waals surface area contributed by atoms with Crippen LogP contribution in [0.2, 0.25) is 5.02 Å². The Balaban J connectivity index is 2.14. The van der Waals surface area contributed by atoms with Gasteiger partial charge in [-0.05, 0) is 37.3 Å². The van der Waals surface area contributed by atoms with Gasteiger partial charge in [0.25, 0.3) is 5.69 Å². The molecule has 0 heterocycles. The van der Waals surface area contributed by atoms with E-state index in [2.05, 4.69) is 10.2 Å². The Morgan fingerprint density at radius 3 is 2.44 bits per heavy atom. The third-order valence-corrected chi connectivity index (χ3v) is 3.64. The minimum absolute atomic E-state index is 0.0875. The van der Waals surface area contributed by atoms with Gasteiger partial charge in [0, 0.05) is 24.4 Å². The molecule has 2 aromatic rings. The van der Waals surface area contributed by atoms with Crippen molar-refractivity contribution < 1.29 is 14.8 Å². The number of nitro benzene ring substituents is 1. The van der Waals surface area contributed by atoms with Crippen LogP contribution in [0.4, 0.5) is 22.7 Å². The van der Waals surface area contributed by atoms with Gasteiger partial charge in [-0.1, -0.05) is 11.6 Å². The molecule has 2 rings (SSSR count). The Hall–Kier alpha value is -3.00. The molecule has 0 aliphatic carbocycles. The molecule has 0 bridgehead atoms. The second-order valence-electron chi connectivity index (χ2n) is 5.02. The molecule has 0 amide bonds. The summed E-state index contributed by atoms with van der Waals surface area (Å²) in [5, 5.41) is 27.7. The molecule has 8 nitrogen and oxygen atoms in total. The number of carboxylic acids is 1. The summed E-state index contributed by atoms with van der Waals surface area (Å²) in [4.78, 5) is 22.7. The number of halogens is 1. The normalized spacial score (nSPS) is 10.8. The number of likely N-dealkylation sites (N-methyl/N-ethyl adjacent to an activating group) is 1. The molecule has 0 aliphatic heterocycles. The second-order valence-corrected chi connectivity index (χ2v) is 5.42. The van der Waals surface area contributed by atoms with Gasteiger partial charge in [-0.3, -0.25) is 14.9 Å². The number of rotatable bonds is 7. The van der Waals surface area contributed by atoms with Crippen molar-refractivity contribution in [3.05, 3.63) is 57.6 Å². The van der Waals surface area contributed by atoms with Gasteiger partial charge in [-0.25, -0.2) is 0 Å². The Morgan fingerprint density at radius 2 is 1.92 bits per heavy atom. The fourth-order valence-electron chi connectivity index (χ4n) is 2.08. The highest BCUT2D eigenvalue weighted by atomic mass is 35.5. The Kier molecular flexibility index (Phi) is 6.02. The highest BCUT2D eigenvalue weighted by Gasteiger charge is 2.10. The van der Waals surface area contributed by atoms with Crippen molar-refractivity contribution in [2.24, 2.45) is 10.2 Å². The van der Waals surface area contributed by atoms with E-state index in [9.17, 15) is 14.9 Å². The lowest BCUT2D eigenvalue weighted by molar-refractivity contribution is -0.384. The first-order valence-corrected chi connectivity index (χ1v) is 7.71. The van der Waals surface area contributed by atoms with E-state index >= 15 is 0 Å². The van der Waals surface area contributed by atoms with Crippen molar-refractivity contribution in [1.29, 1.82) is 0 Å². The summed E-state index contributed by atoms with van der Waals surface area (Å²) in [6.45, 7) is 2.34. The number of carbonyl (C=O) groups is 1. The summed E-state index contributed by atoms with van der Waals surface area (Å²) in [6, 6.07) is 10.8. The number of carboxylic acid groups (broad SMARTS) is 1. The predicted octanol–water partition coefficient (Wildman–Crippen LogP) is 4.57. The molecule has 0 spiro atoms. The van der Waals surface area contributed by atoms with Gasteiger partial charge in [0.1, 0.15) is 12.2 Å². The number of anilines is 1. The molecule has 0 radical (unpaired) electrons. The Morgan fingerprint density at radius 1 is 1.24 bits per heavy atom. The van der Waals surface area contributed by atoms with E-state index < -0.39 is 10.9 Å². The number of hydrogen-bond donors (Lipinski definition) is 1. The third kappa shape index (κ3) is 4.98. The maximum absolute atomic E-state index is 10.8. The van der Waals surface area contributed by atoms with Crippen LogP contribution in [0.15, 0.2) is 52.7 Å². The summed E-state index contributed by atoms with van der Waals surface area (Å²) < 4.78 is 0. The van der Waals surface area contributed by atoms with Crippen molar-refractivity contribution in [2.75, 3.05) is 18.0 Å². The van der Waals surface area contributed by atoms with Crippen molar-refractivity contribution in [2.45, 2.75) is 6.92 Å². The molecule has 0 unspecified atom stereocenters. The fraction of sp³-hybridized carbons (Fsp3) is 0.188. The molecule has 0 aliphatic rings. The summed E-state index contributed by atoms with van der Waals surface area (Å²) in [6.07, 6.45) is 0. The maximum atomic E-state index is 10.8. The third-order valence-electron chi connectivity index (χ3n) is 3.34. The monoisotopic (exact) mass is 362 g/mol. The lowest BCUT2D eigenvalue weighted by Crippen LogP contribution is -2.29. The number of azo groups is 1. The standard InChI is InChI=1S/C16H15ClN4O4/c1-2-20(10-16(22)23)12-5-3-11(4-6-12)18-19-15-8-7-13(21(24)25)9-14(15)17/h3-9H,2,10H2,1H3,(H,22,23). The highest BCUT2D eigenvalue weighted by molar-refractivity contribution is 6.33. The molecule has 0 fully saturated rings. The van der Waals surface area contributed by atoms with Crippen LogP contribution in [0.5, 0.6) is 0 Å². The van der Waals surface area contributed by atoms with Gasteiger partial charge in [0.05, 0.1) is 15.6 Å². The van der Waals surface area contributed by atoms with E-state index in [4.69, 9.17) is 16.7 Å². The van der Waals surface area contributed by atoms with Crippen molar-refractivity contribution >= 4 is 40.3 Å². The minimum Gasteiger partial charge on any atom is -0.480 e. The molecule has 130 valence electrons. The molecule has 0 saturated heterocycles. The summed E-state index contributed by atoms with van der Waals surface area (Å²) >= 11 is 5.95. The van der Waals surface area contributed by atoms with E-state index in [0.717, 1.165) is 5.69 Å². The predicted molar refractivity (Wildman–Crippen MR) is 94.2 cm³/mol. The molecular weight excluding hydrogens is 348 g/mol. The van der Waals surface area contributed by atoms with E-state index in [-0.39, 0.29) is 17.3 Å². The topological polar surface area (TPSA) is 108 Å². The van der Waals surface area contributed by atoms with Gasteiger partial charge in [-0.2, -0.15) is 5.11 Å². The van der Waals surface area contributed by atoms with Crippen LogP contribution in [0.25, 0.3) is 0 Å². The molecular formula is C16H15ClN4O4. The number of nitro groups is 1. The van der Waals surface area contributed by atoms with Crippen molar-refractivity contribution in [3.63, 3.8) is 0 Å². The van der Waals surface area contributed by atoms with Crippen LogP contribution in [0.3, 0.4) is 0 Å². The quantitative estimate of drug-likeness (QED) is 0.440. The lowest BCUT2D eigenvalue weighted by Gasteiger charge is -2.20. The van der Waals surface area contributed by atoms with Crippen LogP contribution in [-0.4, -0.2) is 29.1 Å². The lowest BCUT2D eigenvalue weighted by atomic mass is 10.2. The smallest absolute Gasteiger partial charge is 0.323 e. The minimum atomic E-state index is -0.904. The maximum Gasteiger partial charge on any atom is 0.323 e. The first-order chi connectivity index (χ1) is 11.9. The number of benzene rings is 2. The summed E-state index contributed by atoms with van der Waals surface area (Å²) in [5.74, 6) is -0.904. The van der Waals surface area contributed by atoms with E-state index in [1.165, 1.54) is 18.2 Å². The average molecular weight is 363 g/mol. The summed E-state index contributed by atoms with van der Waals surface area (Å²) in [5.41, 5.74) is 1.51. The first kappa shape index (κ1) is 18.3. The van der Waals surface area contributed by atoms with E-state index in [1.54, 1.807) is 29.2 Å². The molecule has 0 saturated carbocycles. The molecule has 0 aromatic heterocycles. The van der Waals surface area contributed by atoms with Gasteiger partial charge in [0.15, 0.2) is 0 Å². The molecule has 2 aromatic carbocycles. The van der Waals surface area contributed by atoms with E-state index in [1.807, 2.05) is 6.92 Å². The zero-order chi connectivity index (χ0) is 18.4. The average Bonchev–Trinajstić information content (AvgIpc) is 2.58. The number of non-ortho nitro benzene ring substituents is 1. The Bertz CT molecular complexity index is 808. The largest absolute Gasteiger partial charge is 0.480 e. The van der Waals surface area contributed by atoms with Gasteiger partial charge in [0.2, 0.25) is 0 Å². The SMILES string of the molecule is CCN(CC(=O)O)c1ccc(N=Nc2ccc([N+](=O)[O-])cc2Cl)cc1. The molecule has 25 heavy (non-hydrogen) atoms. The van der Waals surface area contributed by atoms with Crippen LogP contribution in [0, 0.1) is 10.1 Å². The van der Waals surface area contributed by atoms with Crippen molar-refractivity contribution in [1.82, 2.24) is 0 Å². The van der Waals surface area contributed by atoms with Gasteiger partial charge in [-0.15, -0.1) is 5.11 Å². The molecule has 1 N–H and O–H groups in total. The number of nitrogens with zero attached hydrogens (tertiary/aromatic N) is 4. The van der Waals surface area contributed by atoms with Crippen LogP contribution < -0.4 is 4.90 Å². The highest BCUT2D eigenvalue weighted by Crippen LogP contribution is 2.30. The van der Waals surface area contributed by atoms with Gasteiger partial charge >= 0.3 is 5.97 Å². The Labute approximate surface area is 148 Å². The van der Waals surface area contributed by atoms with Crippen LogP contribution in [-0.2, 0) is 4.79 Å². The molecule has 0 atom stereocenters. The van der Waals surface area contributed by atoms with Crippen LogP contribution >= 0.6 is 11.6 Å². The number of hydrogen-bond acceptors (Lipinski definition) is 6. The first-order valence-electron chi connectivity index (χ1n) is 7.33. The van der Waals surface area contributed by atoms with E-state index in [0.29, 0.717) is 17.9 Å². The second kappa shape index (κ2) is 8.20. The fourth-order valence-corrected chi connectivity index (χ4v) is 2.29. The van der Waals surface area contributed by atoms with Gasteiger partial charge < -0.3 is 10.0 Å². The van der Waals surface area contributed by atoms with Crippen LogP contribution in [0.1, 0.15) is 6.92 Å². The summed E-state index contributed by atoms with van der Waals surface area (Å²) in [7, 11) is 0. The number of aliphatic carboxylic acids is 1. The zero-order valence-electron chi connectivity index (χ0n) is 13.3. The molecule has 9 heteroatoms.